The van der Waals surface area contributed by atoms with E-state index in [1.807, 2.05) is 26.0 Å². The predicted octanol–water partition coefficient (Wildman–Crippen LogP) is 7.45. The average molecular weight is 405 g/mol. The van der Waals surface area contributed by atoms with Gasteiger partial charge in [0.25, 0.3) is 0 Å². The second-order valence-electron chi connectivity index (χ2n) is 10.8. The van der Waals surface area contributed by atoms with Gasteiger partial charge in [0.1, 0.15) is 17.2 Å². The smallest absolute Gasteiger partial charge is 0.133 e. The molecule has 0 saturated heterocycles. The van der Waals surface area contributed by atoms with Crippen LogP contribution < -0.4 is 4.74 Å². The van der Waals surface area contributed by atoms with Gasteiger partial charge in [-0.2, -0.15) is 0 Å². The van der Waals surface area contributed by atoms with Crippen molar-refractivity contribution >= 4 is 0 Å². The van der Waals surface area contributed by atoms with Crippen LogP contribution in [-0.2, 0) is 0 Å². The van der Waals surface area contributed by atoms with Crippen molar-refractivity contribution in [3.63, 3.8) is 0 Å². The van der Waals surface area contributed by atoms with E-state index in [-0.39, 0.29) is 0 Å². The van der Waals surface area contributed by atoms with Crippen LogP contribution in [0.5, 0.6) is 17.2 Å². The highest BCUT2D eigenvalue weighted by atomic mass is 16.5. The maximum absolute atomic E-state index is 10.1. The van der Waals surface area contributed by atoms with Crippen molar-refractivity contribution < 1.29 is 9.84 Å². The van der Waals surface area contributed by atoms with Crippen LogP contribution in [0.25, 0.3) is 0 Å². The molecule has 2 nitrogen and oxygen atoms in total. The molecule has 3 saturated carbocycles. The van der Waals surface area contributed by atoms with Crippen molar-refractivity contribution in [2.75, 3.05) is 0 Å². The number of phenols is 1. The first-order valence-electron chi connectivity index (χ1n) is 11.8. The quantitative estimate of drug-likeness (QED) is 0.575. The van der Waals surface area contributed by atoms with E-state index in [1.165, 1.54) is 36.0 Å². The van der Waals surface area contributed by atoms with Crippen LogP contribution in [0.3, 0.4) is 0 Å². The van der Waals surface area contributed by atoms with Gasteiger partial charge in [-0.1, -0.05) is 26.0 Å². The molecule has 5 rings (SSSR count). The Bertz CT molecular complexity index is 944. The van der Waals surface area contributed by atoms with E-state index in [9.17, 15) is 5.11 Å². The van der Waals surface area contributed by atoms with Gasteiger partial charge >= 0.3 is 0 Å². The van der Waals surface area contributed by atoms with Gasteiger partial charge in [0.2, 0.25) is 0 Å². The molecule has 2 bridgehead atoms. The Labute approximate surface area is 181 Å². The lowest BCUT2D eigenvalue weighted by atomic mass is 9.76. The highest BCUT2D eigenvalue weighted by Crippen LogP contribution is 2.66. The van der Waals surface area contributed by atoms with Crippen molar-refractivity contribution in [3.05, 3.63) is 52.1 Å². The minimum atomic E-state index is 0.357. The first-order valence-corrected chi connectivity index (χ1v) is 11.8. The number of phenolic OH excluding ortho intramolecular Hbond substituents is 1. The molecule has 1 N–H and O–H groups in total. The number of benzene rings is 2. The Kier molecular flexibility index (Phi) is 4.69. The van der Waals surface area contributed by atoms with Crippen LogP contribution in [0.1, 0.15) is 66.8 Å². The summed E-state index contributed by atoms with van der Waals surface area (Å²) in [6.45, 7) is 13.2. The number of aromatic hydroxyl groups is 1. The van der Waals surface area contributed by atoms with Gasteiger partial charge in [0.05, 0.1) is 0 Å². The third-order valence-electron chi connectivity index (χ3n) is 8.93. The molecular weight excluding hydrogens is 368 g/mol. The fourth-order valence-electron chi connectivity index (χ4n) is 7.76. The van der Waals surface area contributed by atoms with Crippen LogP contribution in [0.2, 0.25) is 0 Å². The Hall–Kier alpha value is -1.96. The minimum absolute atomic E-state index is 0.357. The first kappa shape index (κ1) is 20.0. The fraction of sp³-hybridized carbons (Fsp3) is 0.571. The van der Waals surface area contributed by atoms with Crippen LogP contribution in [0.4, 0.5) is 0 Å². The lowest BCUT2D eigenvalue weighted by molar-refractivity contribution is 0.200. The molecular formula is C28H36O2. The normalized spacial score (nSPS) is 34.4. The summed E-state index contributed by atoms with van der Waals surface area (Å²) in [5, 5.41) is 10.1. The van der Waals surface area contributed by atoms with Crippen LogP contribution in [0, 0.1) is 63.2 Å². The maximum Gasteiger partial charge on any atom is 0.133 e. The molecule has 0 spiro atoms. The van der Waals surface area contributed by atoms with E-state index in [2.05, 4.69) is 39.8 Å². The molecule has 30 heavy (non-hydrogen) atoms. The molecule has 7 atom stereocenters. The van der Waals surface area contributed by atoms with Crippen LogP contribution >= 0.6 is 0 Å². The molecule has 0 aromatic heterocycles. The third-order valence-corrected chi connectivity index (χ3v) is 8.93. The second-order valence-corrected chi connectivity index (χ2v) is 10.8. The van der Waals surface area contributed by atoms with E-state index in [4.69, 9.17) is 4.74 Å². The number of hydrogen-bond donors (Lipinski definition) is 1. The zero-order valence-corrected chi connectivity index (χ0v) is 19.3. The molecule has 160 valence electrons. The van der Waals surface area contributed by atoms with Crippen LogP contribution in [-0.4, -0.2) is 5.11 Å². The molecule has 3 aliphatic carbocycles. The summed E-state index contributed by atoms with van der Waals surface area (Å²) in [5.74, 6) is 8.59. The Morgan fingerprint density at radius 2 is 1.37 bits per heavy atom. The van der Waals surface area contributed by atoms with Crippen molar-refractivity contribution in [2.24, 2.45) is 35.5 Å². The molecule has 3 aliphatic rings. The number of fused-ring (bicyclic) bond motifs is 5. The van der Waals surface area contributed by atoms with Gasteiger partial charge in [-0.15, -0.1) is 0 Å². The van der Waals surface area contributed by atoms with Crippen molar-refractivity contribution in [1.29, 1.82) is 0 Å². The lowest BCUT2D eigenvalue weighted by Crippen LogP contribution is -2.22. The predicted molar refractivity (Wildman–Crippen MR) is 122 cm³/mol. The van der Waals surface area contributed by atoms with E-state index < -0.39 is 0 Å². The number of ether oxygens (including phenoxy) is 1. The summed E-state index contributed by atoms with van der Waals surface area (Å²) in [6.07, 6.45) is 4.24. The molecule has 7 unspecified atom stereocenters. The molecule has 0 amide bonds. The minimum Gasteiger partial charge on any atom is -0.507 e. The largest absolute Gasteiger partial charge is 0.507 e. The monoisotopic (exact) mass is 404 g/mol. The topological polar surface area (TPSA) is 29.5 Å². The molecule has 0 radical (unpaired) electrons. The maximum atomic E-state index is 10.1. The summed E-state index contributed by atoms with van der Waals surface area (Å²) < 4.78 is 6.31. The summed E-state index contributed by atoms with van der Waals surface area (Å²) in [7, 11) is 0. The first-order chi connectivity index (χ1) is 14.2. The van der Waals surface area contributed by atoms with E-state index >= 15 is 0 Å². The molecule has 3 fully saturated rings. The Balaban J connectivity index is 1.38. The molecule has 2 aromatic carbocycles. The highest BCUT2D eigenvalue weighted by molar-refractivity contribution is 5.50. The van der Waals surface area contributed by atoms with E-state index in [0.29, 0.717) is 11.7 Å². The van der Waals surface area contributed by atoms with Gasteiger partial charge < -0.3 is 9.84 Å². The summed E-state index contributed by atoms with van der Waals surface area (Å²) in [6, 6.07) is 8.60. The Morgan fingerprint density at radius 3 is 2.00 bits per heavy atom. The number of rotatable bonds is 3. The van der Waals surface area contributed by atoms with E-state index in [0.717, 1.165) is 58.1 Å². The molecule has 2 heteroatoms. The molecule has 0 heterocycles. The summed E-state index contributed by atoms with van der Waals surface area (Å²) in [5.41, 5.74) is 5.66. The standard InChI is InChI=1S/C28H36O2/c1-14-11-23-19(6)26(14)25-13-21(12-24(23)25)20-7-17(4)28(18(5)8-20)30-22-9-15(2)27(29)16(3)10-22/h7-10,14,19,21,23-26,29H,11-13H2,1-6H3. The highest BCUT2D eigenvalue weighted by Gasteiger charge is 2.58. The zero-order chi connectivity index (χ0) is 21.3. The van der Waals surface area contributed by atoms with Crippen molar-refractivity contribution in [3.8, 4) is 17.2 Å². The number of hydrogen-bond acceptors (Lipinski definition) is 2. The fourth-order valence-corrected chi connectivity index (χ4v) is 7.76. The number of aryl methyl sites for hydroxylation is 4. The second kappa shape index (κ2) is 7.04. The average Bonchev–Trinajstić information content (AvgIpc) is 3.30. The Morgan fingerprint density at radius 1 is 0.767 bits per heavy atom. The molecule has 2 aromatic rings. The van der Waals surface area contributed by atoms with Gasteiger partial charge in [-0.3, -0.25) is 0 Å². The van der Waals surface area contributed by atoms with Crippen molar-refractivity contribution in [1.82, 2.24) is 0 Å². The van der Waals surface area contributed by atoms with E-state index in [1.54, 1.807) is 0 Å². The summed E-state index contributed by atoms with van der Waals surface area (Å²) in [4.78, 5) is 0. The third kappa shape index (κ3) is 2.98. The van der Waals surface area contributed by atoms with Crippen molar-refractivity contribution in [2.45, 2.75) is 66.7 Å². The van der Waals surface area contributed by atoms with Gasteiger partial charge in [0, 0.05) is 0 Å². The zero-order valence-electron chi connectivity index (χ0n) is 19.3. The lowest BCUT2D eigenvalue weighted by Gasteiger charge is -2.29. The SMILES string of the molecule is Cc1cc(Oc2c(C)cc(C3CC4C5CC(C)C(C5C)C4C3)cc2C)cc(C)c1O. The van der Waals surface area contributed by atoms with Gasteiger partial charge in [-0.05, 0) is 128 Å². The van der Waals surface area contributed by atoms with Crippen LogP contribution in [0.15, 0.2) is 24.3 Å². The van der Waals surface area contributed by atoms with Gasteiger partial charge in [-0.25, -0.2) is 0 Å². The van der Waals surface area contributed by atoms with Gasteiger partial charge in [0.15, 0.2) is 0 Å². The summed E-state index contributed by atoms with van der Waals surface area (Å²) >= 11 is 0. The molecule has 0 aliphatic heterocycles.